The van der Waals surface area contributed by atoms with E-state index in [4.69, 9.17) is 26.2 Å². The molecule has 2 unspecified atom stereocenters. The molecule has 0 aromatic rings. The second-order valence-corrected chi connectivity index (χ2v) is 15.4. The largest absolute Gasteiger partial charge is 0.390 e. The molecule has 0 aromatic carbocycles. The Balaban J connectivity index is 2.81. The number of terminal acetylenes is 1. The lowest BCUT2D eigenvalue weighted by Gasteiger charge is -2.43. The molecular weight excluding hydrogens is 825 g/mol. The minimum atomic E-state index is -1.29. The van der Waals surface area contributed by atoms with Crippen molar-refractivity contribution in [3.8, 4) is 143 Å². The van der Waals surface area contributed by atoms with E-state index < -0.39 is 30.4 Å². The average molecular weight is 887 g/mol. The van der Waals surface area contributed by atoms with E-state index >= 15 is 0 Å². The van der Waals surface area contributed by atoms with Crippen molar-refractivity contribution < 1.29 is 29.2 Å². The number of unbranched alkanes of at least 4 members (excludes halogenated alkanes) is 11. The van der Waals surface area contributed by atoms with Crippen LogP contribution in [0, 0.1) is 160 Å². The van der Waals surface area contributed by atoms with Gasteiger partial charge in [-0.3, -0.25) is 4.79 Å². The molecule has 0 aromatic heterocycles. The fourth-order valence-corrected chi connectivity index (χ4v) is 6.46. The van der Waals surface area contributed by atoms with Crippen molar-refractivity contribution in [2.75, 3.05) is 26.4 Å². The lowest BCUT2D eigenvalue weighted by atomic mass is 9.79. The summed E-state index contributed by atoms with van der Waals surface area (Å²) in [5.41, 5.74) is 8.50. The molecule has 1 aliphatic heterocycles. The number of aliphatic hydroxyl groups is 2. The highest BCUT2D eigenvalue weighted by atomic mass is 16.7. The third-order valence-corrected chi connectivity index (χ3v) is 10.5. The van der Waals surface area contributed by atoms with Crippen molar-refractivity contribution >= 4 is 5.91 Å². The molecule has 1 saturated heterocycles. The second-order valence-electron chi connectivity index (χ2n) is 15.4. The zero-order chi connectivity index (χ0) is 48.1. The van der Waals surface area contributed by atoms with Crippen LogP contribution in [0.1, 0.15) is 124 Å². The lowest BCUT2D eigenvalue weighted by molar-refractivity contribution is -0.260. The van der Waals surface area contributed by atoms with Gasteiger partial charge in [0.15, 0.2) is 6.29 Å². The van der Waals surface area contributed by atoms with E-state index in [0.29, 0.717) is 32.6 Å². The summed E-state index contributed by atoms with van der Waals surface area (Å²) in [4.78, 5) is 15.8. The zero-order valence-electron chi connectivity index (χ0n) is 39.0. The molecule has 1 rings (SSSR count). The number of nitrogens with one attached hydrogen (secondary N) is 1. The topological polar surface area (TPSA) is 146 Å². The fourth-order valence-electron chi connectivity index (χ4n) is 6.46. The maximum atomic E-state index is 13.1. The van der Waals surface area contributed by atoms with Crippen LogP contribution in [0.5, 0.6) is 0 Å². The van der Waals surface area contributed by atoms with Crippen molar-refractivity contribution in [3.63, 3.8) is 0 Å². The van der Waals surface area contributed by atoms with Crippen LogP contribution in [-0.4, -0.2) is 73.1 Å². The predicted octanol–water partition coefficient (Wildman–Crippen LogP) is 6.71. The van der Waals surface area contributed by atoms with Gasteiger partial charge in [0.05, 0.1) is 37.9 Å². The third kappa shape index (κ3) is 30.4. The van der Waals surface area contributed by atoms with Crippen LogP contribution in [-0.2, 0) is 19.0 Å². The number of rotatable bonds is 26. The number of carbonyl (C=O) groups excluding carboxylic acids is 1. The summed E-state index contributed by atoms with van der Waals surface area (Å²) in [7, 11) is 0. The smallest absolute Gasteiger partial charge is 0.232 e. The van der Waals surface area contributed by atoms with E-state index in [-0.39, 0.29) is 36.9 Å². The number of carbonyl (C=O) groups is 1. The molecule has 0 aliphatic carbocycles. The molecule has 10 heteroatoms. The molecule has 0 saturated carbocycles. The minimum absolute atomic E-state index is 0.00451. The lowest BCUT2D eigenvalue weighted by Crippen LogP contribution is -2.53. The van der Waals surface area contributed by atoms with Gasteiger partial charge in [0, 0.05) is 59.5 Å². The quantitative estimate of drug-likeness (QED) is 0.0290. The van der Waals surface area contributed by atoms with Crippen molar-refractivity contribution in [1.29, 1.82) is 0 Å². The summed E-state index contributed by atoms with van der Waals surface area (Å²) in [6, 6.07) is -0.928. The van der Waals surface area contributed by atoms with Crippen LogP contribution in [0.15, 0.2) is 5.11 Å². The molecule has 0 radical (unpaired) electrons. The van der Waals surface area contributed by atoms with Crippen molar-refractivity contribution in [1.82, 2.24) is 5.32 Å². The Kier molecular flexibility index (Phi) is 35.6. The van der Waals surface area contributed by atoms with Gasteiger partial charge in [0.1, 0.15) is 6.10 Å². The number of azide groups is 1. The second kappa shape index (κ2) is 41.0. The molecule has 3 N–H and O–H groups in total. The van der Waals surface area contributed by atoms with Crippen LogP contribution in [0.3, 0.4) is 0 Å². The van der Waals surface area contributed by atoms with Crippen molar-refractivity contribution in [3.05, 3.63) is 10.4 Å². The normalized spacial score (nSPS) is 17.1. The summed E-state index contributed by atoms with van der Waals surface area (Å²) in [5, 5.41) is 28.8. The first kappa shape index (κ1) is 57.3. The Morgan fingerprint density at radius 2 is 1.15 bits per heavy atom. The summed E-state index contributed by atoms with van der Waals surface area (Å²) < 4.78 is 18.5. The molecular formula is C56H62N4O6. The summed E-state index contributed by atoms with van der Waals surface area (Å²) in [6.45, 7) is 9.57. The predicted molar refractivity (Wildman–Crippen MR) is 260 cm³/mol. The third-order valence-electron chi connectivity index (χ3n) is 10.5. The number of hydrogen-bond donors (Lipinski definition) is 3. The Hall–Kier alpha value is -6.70. The van der Waals surface area contributed by atoms with Gasteiger partial charge in [0.25, 0.3) is 0 Å². The first-order valence-corrected chi connectivity index (χ1v) is 22.7. The van der Waals surface area contributed by atoms with Gasteiger partial charge in [0.2, 0.25) is 5.91 Å². The van der Waals surface area contributed by atoms with E-state index in [1.165, 1.54) is 51.4 Å². The Bertz CT molecular complexity index is 2320. The molecule has 1 fully saturated rings. The Morgan fingerprint density at radius 3 is 1.64 bits per heavy atom. The van der Waals surface area contributed by atoms with Crippen LogP contribution in [0.2, 0.25) is 0 Å². The van der Waals surface area contributed by atoms with Crippen LogP contribution in [0.4, 0.5) is 0 Å². The molecule has 0 bridgehead atoms. The Morgan fingerprint density at radius 1 is 0.682 bits per heavy atom. The van der Waals surface area contributed by atoms with Crippen molar-refractivity contribution in [2.24, 2.45) is 22.9 Å². The van der Waals surface area contributed by atoms with Crippen LogP contribution < -0.4 is 5.32 Å². The number of amides is 1. The van der Waals surface area contributed by atoms with Crippen LogP contribution >= 0.6 is 0 Å². The van der Waals surface area contributed by atoms with E-state index in [9.17, 15) is 15.0 Å². The molecule has 66 heavy (non-hydrogen) atoms. The molecule has 1 aliphatic rings. The molecule has 1 heterocycles. The van der Waals surface area contributed by atoms with Gasteiger partial charge in [-0.25, -0.2) is 0 Å². The highest BCUT2D eigenvalue weighted by Crippen LogP contribution is 2.35. The molecule has 0 spiro atoms. The molecule has 8 atom stereocenters. The minimum Gasteiger partial charge on any atom is -0.390 e. The molecule has 10 nitrogen and oxygen atoms in total. The van der Waals surface area contributed by atoms with Crippen molar-refractivity contribution in [2.45, 2.75) is 155 Å². The SMILES string of the molecule is C#CC#CC#CC#CC#CC#CC#CC#CC#CC#CC#CC#CCC(=O)N[C@@H](CO[C@H]1OC(COCCCN=[N+]=[N-])[C@H](C)[C@H](C)C1C)[C@H](O)[C@H](O)CCCCCCCCCCCCCC. The van der Waals surface area contributed by atoms with E-state index in [0.717, 1.165) is 25.7 Å². The highest BCUT2D eigenvalue weighted by Gasteiger charge is 2.40. The Labute approximate surface area is 396 Å². The summed E-state index contributed by atoms with van der Waals surface area (Å²) in [6.07, 6.45) is 16.8. The van der Waals surface area contributed by atoms with E-state index in [1.807, 2.05) is 6.92 Å². The van der Waals surface area contributed by atoms with Gasteiger partial charge in [-0.1, -0.05) is 116 Å². The molecule has 1 amide bonds. The highest BCUT2D eigenvalue weighted by molar-refractivity contribution is 5.79. The first-order valence-electron chi connectivity index (χ1n) is 22.7. The van der Waals surface area contributed by atoms with Gasteiger partial charge in [-0.2, -0.15) is 0 Å². The number of nitrogens with zero attached hydrogens (tertiary/aromatic N) is 3. The van der Waals surface area contributed by atoms with E-state index in [2.05, 4.69) is 172 Å². The maximum Gasteiger partial charge on any atom is 0.232 e. The molecule has 342 valence electrons. The monoisotopic (exact) mass is 886 g/mol. The number of aliphatic hydroxyl groups excluding tert-OH is 2. The first-order chi connectivity index (χ1) is 32.3. The van der Waals surface area contributed by atoms with Gasteiger partial charge in [-0.05, 0) is 125 Å². The standard InChI is InChI=1S/C56H62N4O6/c1-6-8-10-12-14-16-18-20-21-22-23-24-25-26-27-28-29-30-32-34-36-38-40-43-54(62)59-51(55(63)52(61)42-39-37-35-33-31-19-17-15-13-11-9-7-2)46-65-56-50(5)48(3)49(4)53(66-56)47-64-45-41-44-58-60-57/h1,48-53,55-56,61,63H,7,9,11,13,15,17,19,31,33,35,37,39,41-47H2,2-5H3,(H,59,62)/t48-,49+,50?,51-,52+,53?,55-,56-/m0/s1. The maximum absolute atomic E-state index is 13.1. The van der Waals surface area contributed by atoms with E-state index in [1.54, 1.807) is 0 Å². The summed E-state index contributed by atoms with van der Waals surface area (Å²) >= 11 is 0. The zero-order valence-corrected chi connectivity index (χ0v) is 39.0. The summed E-state index contributed by atoms with van der Waals surface area (Å²) in [5.74, 6) is 57.3. The number of hydrogen-bond acceptors (Lipinski definition) is 7. The van der Waals surface area contributed by atoms with Crippen LogP contribution in [0.25, 0.3) is 10.4 Å². The van der Waals surface area contributed by atoms with Gasteiger partial charge >= 0.3 is 0 Å². The fraction of sp³-hybridized carbons (Fsp3) is 0.554. The average Bonchev–Trinajstić information content (AvgIpc) is 3.31. The van der Waals surface area contributed by atoms with Gasteiger partial charge in [-0.15, -0.1) is 6.42 Å². The van der Waals surface area contributed by atoms with Gasteiger partial charge < -0.3 is 29.7 Å². The number of ether oxygens (including phenoxy) is 3.